The molecule has 7 heteroatoms. The Morgan fingerprint density at radius 2 is 1.92 bits per heavy atom. The normalized spacial score (nSPS) is 20.1. The number of hydrogen-bond acceptors (Lipinski definition) is 4. The second-order valence-electron chi connectivity index (χ2n) is 6.14. The second kappa shape index (κ2) is 6.43. The fourth-order valence-electron chi connectivity index (χ4n) is 2.90. The molecule has 0 spiro atoms. The van der Waals surface area contributed by atoms with E-state index in [-0.39, 0.29) is 23.9 Å². The van der Waals surface area contributed by atoms with Crippen LogP contribution in [0.4, 0.5) is 4.79 Å². The third-order valence-electron chi connectivity index (χ3n) is 4.66. The third-order valence-corrected chi connectivity index (χ3v) is 4.66. The molecule has 1 N–H and O–H groups in total. The molecule has 24 heavy (non-hydrogen) atoms. The molecule has 1 aliphatic rings. The molecule has 0 saturated carbocycles. The number of nitrogens with zero attached hydrogens (tertiary/aromatic N) is 4. The van der Waals surface area contributed by atoms with Crippen molar-refractivity contribution in [2.75, 3.05) is 0 Å². The first-order chi connectivity index (χ1) is 11.5. The van der Waals surface area contributed by atoms with E-state index in [0.29, 0.717) is 0 Å². The minimum atomic E-state index is -0.431. The number of aromatic nitrogens is 3. The van der Waals surface area contributed by atoms with Crippen LogP contribution in [0.3, 0.4) is 0 Å². The van der Waals surface area contributed by atoms with Gasteiger partial charge in [0.25, 0.3) is 5.91 Å². The third kappa shape index (κ3) is 2.77. The minimum absolute atomic E-state index is 0.119. The van der Waals surface area contributed by atoms with Gasteiger partial charge in [0.05, 0.1) is 24.1 Å². The van der Waals surface area contributed by atoms with Gasteiger partial charge in [-0.2, -0.15) is 0 Å². The van der Waals surface area contributed by atoms with Crippen LogP contribution in [0.1, 0.15) is 38.8 Å². The maximum atomic E-state index is 12.6. The van der Waals surface area contributed by atoms with Crippen molar-refractivity contribution in [3.05, 3.63) is 42.2 Å². The Kier molecular flexibility index (Phi) is 4.33. The Bertz CT molecular complexity index is 726. The molecule has 3 amide bonds. The number of rotatable bonds is 5. The standard InChI is InChI=1S/C17H21N5O2/c1-4-11(2)15-16(23)22(17(24)19-15)12(3)13-5-7-14(8-6-13)21-10-9-18-20-21/h5-12,15H,4H2,1-3H3,(H,19,24)/t11-,12?,15-/m0/s1. The van der Waals surface area contributed by atoms with Crippen LogP contribution in [0, 0.1) is 5.92 Å². The molecule has 2 aromatic rings. The zero-order valence-corrected chi connectivity index (χ0v) is 14.0. The Labute approximate surface area is 140 Å². The molecule has 0 aliphatic carbocycles. The van der Waals surface area contributed by atoms with Gasteiger partial charge >= 0.3 is 6.03 Å². The number of hydrogen-bond donors (Lipinski definition) is 1. The molecular weight excluding hydrogens is 306 g/mol. The molecule has 3 rings (SSSR count). The van der Waals surface area contributed by atoms with Crippen LogP contribution >= 0.6 is 0 Å². The van der Waals surface area contributed by atoms with Crippen molar-refractivity contribution in [1.29, 1.82) is 0 Å². The van der Waals surface area contributed by atoms with Crippen molar-refractivity contribution in [1.82, 2.24) is 25.2 Å². The summed E-state index contributed by atoms with van der Waals surface area (Å²) >= 11 is 0. The van der Waals surface area contributed by atoms with E-state index in [1.165, 1.54) is 4.90 Å². The average molecular weight is 327 g/mol. The van der Waals surface area contributed by atoms with E-state index < -0.39 is 6.04 Å². The minimum Gasteiger partial charge on any atom is -0.326 e. The first-order valence-corrected chi connectivity index (χ1v) is 8.13. The van der Waals surface area contributed by atoms with Crippen LogP contribution in [0.5, 0.6) is 0 Å². The smallest absolute Gasteiger partial charge is 0.325 e. The lowest BCUT2D eigenvalue weighted by molar-refractivity contribution is -0.129. The summed E-state index contributed by atoms with van der Waals surface area (Å²) in [4.78, 5) is 26.2. The van der Waals surface area contributed by atoms with E-state index in [1.54, 1.807) is 17.1 Å². The van der Waals surface area contributed by atoms with Crippen molar-refractivity contribution < 1.29 is 9.59 Å². The van der Waals surface area contributed by atoms with E-state index in [4.69, 9.17) is 0 Å². The van der Waals surface area contributed by atoms with Gasteiger partial charge < -0.3 is 5.32 Å². The summed E-state index contributed by atoms with van der Waals surface area (Å²) in [6.07, 6.45) is 4.21. The van der Waals surface area contributed by atoms with Gasteiger partial charge in [-0.25, -0.2) is 9.48 Å². The number of carbonyl (C=O) groups excluding carboxylic acids is 2. The van der Waals surface area contributed by atoms with Gasteiger partial charge in [0.15, 0.2) is 0 Å². The van der Waals surface area contributed by atoms with E-state index in [2.05, 4.69) is 15.6 Å². The van der Waals surface area contributed by atoms with Gasteiger partial charge in [-0.3, -0.25) is 9.69 Å². The number of nitrogens with one attached hydrogen (secondary N) is 1. The molecule has 1 aromatic heterocycles. The molecule has 2 heterocycles. The maximum absolute atomic E-state index is 12.6. The van der Waals surface area contributed by atoms with E-state index in [0.717, 1.165) is 17.7 Å². The first kappa shape index (κ1) is 16.2. The van der Waals surface area contributed by atoms with Crippen molar-refractivity contribution >= 4 is 11.9 Å². The Balaban J connectivity index is 1.80. The number of amides is 3. The zero-order valence-electron chi connectivity index (χ0n) is 14.0. The van der Waals surface area contributed by atoms with Gasteiger partial charge in [-0.1, -0.05) is 37.6 Å². The quantitative estimate of drug-likeness (QED) is 0.855. The first-order valence-electron chi connectivity index (χ1n) is 8.13. The van der Waals surface area contributed by atoms with Crippen LogP contribution in [0.2, 0.25) is 0 Å². The lowest BCUT2D eigenvalue weighted by Crippen LogP contribution is -2.36. The topological polar surface area (TPSA) is 80.1 Å². The molecule has 126 valence electrons. The SMILES string of the molecule is CC[C@H](C)[C@@H]1NC(=O)N(C(C)c2ccc(-n3ccnn3)cc2)C1=O. The van der Waals surface area contributed by atoms with Gasteiger partial charge in [0.1, 0.15) is 6.04 Å². The summed E-state index contributed by atoms with van der Waals surface area (Å²) in [5, 5.41) is 10.5. The van der Waals surface area contributed by atoms with E-state index >= 15 is 0 Å². The highest BCUT2D eigenvalue weighted by Gasteiger charge is 2.42. The van der Waals surface area contributed by atoms with Crippen LogP contribution < -0.4 is 5.32 Å². The molecule has 1 aliphatic heterocycles. The van der Waals surface area contributed by atoms with Crippen molar-refractivity contribution in [3.63, 3.8) is 0 Å². The molecule has 7 nitrogen and oxygen atoms in total. The molecule has 0 bridgehead atoms. The summed E-state index contributed by atoms with van der Waals surface area (Å²) in [5.41, 5.74) is 1.77. The fraction of sp³-hybridized carbons (Fsp3) is 0.412. The highest BCUT2D eigenvalue weighted by atomic mass is 16.2. The molecule has 3 atom stereocenters. The Morgan fingerprint density at radius 1 is 1.21 bits per heavy atom. The molecule has 1 aromatic carbocycles. The van der Waals surface area contributed by atoms with Gasteiger partial charge in [-0.15, -0.1) is 5.10 Å². The molecule has 1 fully saturated rings. The zero-order chi connectivity index (χ0) is 17.3. The second-order valence-corrected chi connectivity index (χ2v) is 6.14. The number of carbonyl (C=O) groups is 2. The largest absolute Gasteiger partial charge is 0.326 e. The monoisotopic (exact) mass is 327 g/mol. The summed E-state index contributed by atoms with van der Waals surface area (Å²) in [5.74, 6) is -0.0319. The summed E-state index contributed by atoms with van der Waals surface area (Å²) in [6.45, 7) is 5.85. The van der Waals surface area contributed by atoms with Crippen LogP contribution in [0.15, 0.2) is 36.7 Å². The predicted molar refractivity (Wildman–Crippen MR) is 88.4 cm³/mol. The Morgan fingerprint density at radius 3 is 2.50 bits per heavy atom. The number of imide groups is 1. The van der Waals surface area contributed by atoms with Crippen molar-refractivity contribution in [3.8, 4) is 5.69 Å². The Hall–Kier alpha value is -2.70. The average Bonchev–Trinajstić information content (AvgIpc) is 3.22. The lowest BCUT2D eigenvalue weighted by atomic mass is 9.98. The number of benzene rings is 1. The predicted octanol–water partition coefficient (Wildman–Crippen LogP) is 2.29. The molecule has 0 radical (unpaired) electrons. The maximum Gasteiger partial charge on any atom is 0.325 e. The van der Waals surface area contributed by atoms with Crippen LogP contribution in [-0.2, 0) is 4.79 Å². The molecular formula is C17H21N5O2. The highest BCUT2D eigenvalue weighted by Crippen LogP contribution is 2.27. The highest BCUT2D eigenvalue weighted by molar-refractivity contribution is 6.04. The van der Waals surface area contributed by atoms with Crippen LogP contribution in [-0.4, -0.2) is 37.9 Å². The van der Waals surface area contributed by atoms with E-state index in [1.807, 2.05) is 45.0 Å². The molecule has 1 saturated heterocycles. The number of urea groups is 1. The summed E-state index contributed by atoms with van der Waals surface area (Å²) < 4.78 is 1.65. The van der Waals surface area contributed by atoms with Crippen molar-refractivity contribution in [2.45, 2.75) is 39.3 Å². The summed E-state index contributed by atoms with van der Waals surface area (Å²) in [6, 6.07) is 6.52. The van der Waals surface area contributed by atoms with Gasteiger partial charge in [0.2, 0.25) is 0 Å². The van der Waals surface area contributed by atoms with Crippen LogP contribution in [0.25, 0.3) is 5.69 Å². The van der Waals surface area contributed by atoms with Gasteiger partial charge in [-0.05, 0) is 30.5 Å². The lowest BCUT2D eigenvalue weighted by Gasteiger charge is -2.23. The van der Waals surface area contributed by atoms with E-state index in [9.17, 15) is 9.59 Å². The molecule has 1 unspecified atom stereocenters. The van der Waals surface area contributed by atoms with Crippen molar-refractivity contribution in [2.24, 2.45) is 5.92 Å². The fourth-order valence-corrected chi connectivity index (χ4v) is 2.90. The van der Waals surface area contributed by atoms with Gasteiger partial charge in [0, 0.05) is 0 Å². The summed E-state index contributed by atoms with van der Waals surface area (Å²) in [7, 11) is 0.